The minimum atomic E-state index is -0.536. The Labute approximate surface area is 176 Å². The lowest BCUT2D eigenvalue weighted by Gasteiger charge is -2.33. The third kappa shape index (κ3) is 2.42. The molecule has 0 N–H and O–H groups in total. The van der Waals surface area contributed by atoms with E-state index in [9.17, 15) is 10.1 Å². The van der Waals surface area contributed by atoms with Crippen LogP contribution in [-0.2, 0) is 5.41 Å². The van der Waals surface area contributed by atoms with E-state index >= 15 is 0 Å². The molecule has 4 aromatic rings. The van der Waals surface area contributed by atoms with Gasteiger partial charge in [0, 0.05) is 11.6 Å². The van der Waals surface area contributed by atoms with Gasteiger partial charge in [0.05, 0.1) is 10.3 Å². The minimum absolute atomic E-state index is 0.0791. The molecule has 29 heavy (non-hydrogen) atoms. The van der Waals surface area contributed by atoms with E-state index in [1.54, 1.807) is 6.07 Å². The fourth-order valence-electron chi connectivity index (χ4n) is 4.62. The molecule has 0 spiro atoms. The maximum absolute atomic E-state index is 11.6. The number of fused-ring (bicyclic) bond motifs is 3. The van der Waals surface area contributed by atoms with Crippen LogP contribution in [0.3, 0.4) is 0 Å². The summed E-state index contributed by atoms with van der Waals surface area (Å²) in [5.74, 6) is 0. The molecule has 0 atom stereocenters. The first kappa shape index (κ1) is 17.8. The van der Waals surface area contributed by atoms with Crippen LogP contribution in [0.15, 0.2) is 102 Å². The molecule has 5 rings (SSSR count). The lowest BCUT2D eigenvalue weighted by atomic mass is 9.68. The lowest BCUT2D eigenvalue weighted by Crippen LogP contribution is -2.28. The highest BCUT2D eigenvalue weighted by Gasteiger charge is 2.47. The molecule has 0 aliphatic heterocycles. The summed E-state index contributed by atoms with van der Waals surface area (Å²) >= 11 is 3.56. The van der Waals surface area contributed by atoms with Gasteiger partial charge in [-0.2, -0.15) is 0 Å². The van der Waals surface area contributed by atoms with Crippen molar-refractivity contribution in [3.8, 4) is 11.1 Å². The van der Waals surface area contributed by atoms with E-state index in [4.69, 9.17) is 0 Å². The highest BCUT2D eigenvalue weighted by atomic mass is 79.9. The van der Waals surface area contributed by atoms with Crippen LogP contribution in [0.25, 0.3) is 11.1 Å². The van der Waals surface area contributed by atoms with Gasteiger partial charge in [0.25, 0.3) is 5.69 Å². The van der Waals surface area contributed by atoms with Crippen molar-refractivity contribution in [1.82, 2.24) is 0 Å². The molecule has 0 fully saturated rings. The number of nitro benzene ring substituents is 1. The molecule has 0 unspecified atom stereocenters. The molecular formula is C25H16BrNO2. The smallest absolute Gasteiger partial charge is 0.258 e. The van der Waals surface area contributed by atoms with Crippen LogP contribution in [0.2, 0.25) is 0 Å². The summed E-state index contributed by atoms with van der Waals surface area (Å²) in [6, 6.07) is 32.5. The highest BCUT2D eigenvalue weighted by molar-refractivity contribution is 9.10. The zero-order valence-electron chi connectivity index (χ0n) is 15.4. The molecule has 0 saturated carbocycles. The van der Waals surface area contributed by atoms with Crippen molar-refractivity contribution in [2.75, 3.05) is 0 Å². The van der Waals surface area contributed by atoms with E-state index in [1.807, 2.05) is 54.6 Å². The van der Waals surface area contributed by atoms with E-state index < -0.39 is 5.41 Å². The van der Waals surface area contributed by atoms with Gasteiger partial charge < -0.3 is 0 Å². The SMILES string of the molecule is O=[N+]([O-])c1ccc2c(c1Br)-c1ccccc1C2(c1ccccc1)c1ccccc1. The fraction of sp³-hybridized carbons (Fsp3) is 0.0400. The third-order valence-corrected chi connectivity index (χ3v) is 6.54. The van der Waals surface area contributed by atoms with Crippen LogP contribution >= 0.6 is 15.9 Å². The van der Waals surface area contributed by atoms with Crippen LogP contribution in [-0.4, -0.2) is 4.92 Å². The van der Waals surface area contributed by atoms with Crippen LogP contribution in [0.4, 0.5) is 5.69 Å². The van der Waals surface area contributed by atoms with E-state index in [-0.39, 0.29) is 10.6 Å². The molecular weight excluding hydrogens is 426 g/mol. The molecule has 1 aliphatic rings. The molecule has 140 valence electrons. The van der Waals surface area contributed by atoms with Gasteiger partial charge >= 0.3 is 0 Å². The maximum Gasteiger partial charge on any atom is 0.284 e. The fourth-order valence-corrected chi connectivity index (χ4v) is 5.32. The van der Waals surface area contributed by atoms with Gasteiger partial charge in [-0.05, 0) is 49.8 Å². The molecule has 3 nitrogen and oxygen atoms in total. The summed E-state index contributed by atoms with van der Waals surface area (Å²) in [7, 11) is 0. The van der Waals surface area contributed by atoms with Gasteiger partial charge in [-0.25, -0.2) is 0 Å². The first-order chi connectivity index (χ1) is 14.2. The predicted molar refractivity (Wildman–Crippen MR) is 118 cm³/mol. The first-order valence-corrected chi connectivity index (χ1v) is 10.1. The van der Waals surface area contributed by atoms with Gasteiger partial charge in [-0.3, -0.25) is 10.1 Å². The number of hydrogen-bond donors (Lipinski definition) is 0. The van der Waals surface area contributed by atoms with Crippen LogP contribution in [0.5, 0.6) is 0 Å². The quantitative estimate of drug-likeness (QED) is 0.230. The van der Waals surface area contributed by atoms with Crippen molar-refractivity contribution in [1.29, 1.82) is 0 Å². The molecule has 4 heteroatoms. The second kappa shape index (κ2) is 6.68. The Morgan fingerprint density at radius 1 is 0.690 bits per heavy atom. The van der Waals surface area contributed by atoms with Crippen molar-refractivity contribution in [3.05, 3.63) is 134 Å². The molecule has 0 aromatic heterocycles. The second-order valence-corrected chi connectivity index (χ2v) is 7.90. The molecule has 0 radical (unpaired) electrons. The summed E-state index contributed by atoms with van der Waals surface area (Å²) in [5.41, 5.74) is 5.91. The number of nitrogens with zero attached hydrogens (tertiary/aromatic N) is 1. The number of hydrogen-bond acceptors (Lipinski definition) is 2. The summed E-state index contributed by atoms with van der Waals surface area (Å²) in [6.07, 6.45) is 0. The average Bonchev–Trinajstić information content (AvgIpc) is 3.07. The second-order valence-electron chi connectivity index (χ2n) is 7.11. The standard InChI is InChI=1S/C25H16BrNO2/c26-24-22(27(28)29)16-15-21-23(24)19-13-7-8-14-20(19)25(21,17-9-3-1-4-10-17)18-11-5-2-6-12-18/h1-16H. The van der Waals surface area contributed by atoms with Gasteiger partial charge in [0.15, 0.2) is 0 Å². The molecule has 0 saturated heterocycles. The Balaban J connectivity index is 1.99. The number of halogens is 1. The topological polar surface area (TPSA) is 43.1 Å². The zero-order valence-corrected chi connectivity index (χ0v) is 17.0. The van der Waals surface area contributed by atoms with Gasteiger partial charge in [-0.1, -0.05) is 84.9 Å². The minimum Gasteiger partial charge on any atom is -0.258 e. The van der Waals surface area contributed by atoms with Crippen molar-refractivity contribution < 1.29 is 4.92 Å². The summed E-state index contributed by atoms with van der Waals surface area (Å²) in [5, 5.41) is 11.6. The molecule has 0 amide bonds. The third-order valence-electron chi connectivity index (χ3n) is 5.74. The van der Waals surface area contributed by atoms with Crippen LogP contribution in [0.1, 0.15) is 22.3 Å². The van der Waals surface area contributed by atoms with Crippen molar-refractivity contribution in [2.45, 2.75) is 5.41 Å². The number of nitro groups is 1. The summed E-state index contributed by atoms with van der Waals surface area (Å²) < 4.78 is 0.529. The van der Waals surface area contributed by atoms with E-state index in [2.05, 4.69) is 52.3 Å². The summed E-state index contributed by atoms with van der Waals surface area (Å²) in [6.45, 7) is 0. The van der Waals surface area contributed by atoms with Crippen molar-refractivity contribution in [2.24, 2.45) is 0 Å². The predicted octanol–water partition coefficient (Wildman–Crippen LogP) is 6.72. The Kier molecular flexibility index (Phi) is 4.10. The number of rotatable bonds is 3. The number of benzene rings is 4. The van der Waals surface area contributed by atoms with Crippen molar-refractivity contribution >= 4 is 21.6 Å². The normalized spacial score (nSPS) is 13.6. The van der Waals surface area contributed by atoms with Crippen LogP contribution in [0, 0.1) is 10.1 Å². The summed E-state index contributed by atoms with van der Waals surface area (Å²) in [4.78, 5) is 11.3. The monoisotopic (exact) mass is 441 g/mol. The van der Waals surface area contributed by atoms with Gasteiger partial charge in [0.2, 0.25) is 0 Å². The van der Waals surface area contributed by atoms with Gasteiger partial charge in [-0.15, -0.1) is 0 Å². The Morgan fingerprint density at radius 3 is 1.83 bits per heavy atom. The lowest BCUT2D eigenvalue weighted by molar-refractivity contribution is -0.385. The highest BCUT2D eigenvalue weighted by Crippen LogP contribution is 2.58. The van der Waals surface area contributed by atoms with Crippen molar-refractivity contribution in [3.63, 3.8) is 0 Å². The molecule has 1 aliphatic carbocycles. The molecule has 0 bridgehead atoms. The van der Waals surface area contributed by atoms with E-state index in [1.165, 1.54) is 0 Å². The largest absolute Gasteiger partial charge is 0.284 e. The average molecular weight is 442 g/mol. The molecule has 4 aromatic carbocycles. The Morgan fingerprint density at radius 2 is 1.24 bits per heavy atom. The Hall–Kier alpha value is -3.24. The Bertz CT molecular complexity index is 1200. The van der Waals surface area contributed by atoms with E-state index in [0.717, 1.165) is 33.4 Å². The van der Waals surface area contributed by atoms with Crippen LogP contribution < -0.4 is 0 Å². The zero-order chi connectivity index (χ0) is 20.0. The first-order valence-electron chi connectivity index (χ1n) is 9.34. The van der Waals surface area contributed by atoms with E-state index in [0.29, 0.717) is 4.47 Å². The molecule has 0 heterocycles. The van der Waals surface area contributed by atoms with Gasteiger partial charge in [0.1, 0.15) is 4.47 Å². The maximum atomic E-state index is 11.6.